The first-order chi connectivity index (χ1) is 17.1. The molecule has 0 fully saturated rings. The van der Waals surface area contributed by atoms with Gasteiger partial charge in [-0.1, -0.05) is 41.9 Å². The number of esters is 1. The van der Waals surface area contributed by atoms with E-state index in [1.165, 1.54) is 45.6 Å². The van der Waals surface area contributed by atoms with Crippen LogP contribution in [-0.2, 0) is 15.7 Å². The Morgan fingerprint density at radius 2 is 1.47 bits per heavy atom. The van der Waals surface area contributed by atoms with Gasteiger partial charge in [-0.25, -0.2) is 4.79 Å². The van der Waals surface area contributed by atoms with Gasteiger partial charge < -0.3 is 24.3 Å². The Labute approximate surface area is 209 Å². The van der Waals surface area contributed by atoms with Crippen molar-refractivity contribution >= 4 is 29.2 Å². The number of halogens is 4. The van der Waals surface area contributed by atoms with Gasteiger partial charge in [0.15, 0.2) is 11.5 Å². The highest BCUT2D eigenvalue weighted by Crippen LogP contribution is 2.37. The standard InChI is InChI=1S/C25H21ClF3NO6/c1-33-19-13-21(35-3)20(34-2)12-16(19)24(32)36-22(14-7-5-4-6-8-14)23(31)30-18-11-15(25(27,28)29)9-10-17(18)26/h4-13,22H,1-3H3,(H,30,31). The van der Waals surface area contributed by atoms with Gasteiger partial charge in [0.2, 0.25) is 6.10 Å². The Kier molecular flexibility index (Phi) is 8.31. The van der Waals surface area contributed by atoms with Crippen molar-refractivity contribution in [3.8, 4) is 17.2 Å². The quantitative estimate of drug-likeness (QED) is 0.369. The van der Waals surface area contributed by atoms with Crippen molar-refractivity contribution in [1.29, 1.82) is 0 Å². The number of hydrogen-bond donors (Lipinski definition) is 1. The number of alkyl halides is 3. The monoisotopic (exact) mass is 523 g/mol. The summed E-state index contributed by atoms with van der Waals surface area (Å²) in [5, 5.41) is 2.19. The van der Waals surface area contributed by atoms with Crippen molar-refractivity contribution in [2.75, 3.05) is 26.6 Å². The van der Waals surface area contributed by atoms with Gasteiger partial charge >= 0.3 is 12.1 Å². The molecule has 0 aliphatic heterocycles. The molecule has 36 heavy (non-hydrogen) atoms. The summed E-state index contributed by atoms with van der Waals surface area (Å²) < 4.78 is 60.6. The second kappa shape index (κ2) is 11.2. The minimum atomic E-state index is -4.65. The lowest BCUT2D eigenvalue weighted by molar-refractivity contribution is -0.137. The van der Waals surface area contributed by atoms with E-state index < -0.39 is 29.7 Å². The zero-order chi connectivity index (χ0) is 26.5. The number of nitrogens with one attached hydrogen (secondary N) is 1. The van der Waals surface area contributed by atoms with Crippen molar-refractivity contribution < 1.29 is 41.7 Å². The summed E-state index contributed by atoms with van der Waals surface area (Å²) in [5.41, 5.74) is -1.10. The molecular weight excluding hydrogens is 503 g/mol. The molecule has 1 amide bonds. The topological polar surface area (TPSA) is 83.1 Å². The van der Waals surface area contributed by atoms with E-state index in [9.17, 15) is 22.8 Å². The highest BCUT2D eigenvalue weighted by molar-refractivity contribution is 6.33. The zero-order valence-corrected chi connectivity index (χ0v) is 20.1. The Hall–Kier alpha value is -3.92. The SMILES string of the molecule is COc1cc(OC)c(C(=O)OC(C(=O)Nc2cc(C(F)(F)F)ccc2Cl)c2ccccc2)cc1OC. The van der Waals surface area contributed by atoms with Crippen molar-refractivity contribution in [2.45, 2.75) is 12.3 Å². The number of rotatable bonds is 8. The Bertz CT molecular complexity index is 1250. The maximum absolute atomic E-state index is 13.2. The van der Waals surface area contributed by atoms with Crippen molar-refractivity contribution in [1.82, 2.24) is 0 Å². The van der Waals surface area contributed by atoms with Crippen LogP contribution in [0.25, 0.3) is 0 Å². The van der Waals surface area contributed by atoms with E-state index in [4.69, 9.17) is 30.5 Å². The Morgan fingerprint density at radius 1 is 0.861 bits per heavy atom. The van der Waals surface area contributed by atoms with Crippen LogP contribution < -0.4 is 19.5 Å². The van der Waals surface area contributed by atoms with Gasteiger partial charge in [0.25, 0.3) is 5.91 Å². The molecule has 0 aromatic heterocycles. The Morgan fingerprint density at radius 3 is 2.06 bits per heavy atom. The number of carbonyl (C=O) groups excluding carboxylic acids is 2. The summed E-state index contributed by atoms with van der Waals surface area (Å²) in [7, 11) is 4.11. The second-order valence-electron chi connectivity index (χ2n) is 7.29. The predicted octanol–water partition coefficient (Wildman–Crippen LogP) is 5.92. The molecule has 3 rings (SSSR count). The smallest absolute Gasteiger partial charge is 0.416 e. The average Bonchev–Trinajstić information content (AvgIpc) is 2.87. The third kappa shape index (κ3) is 6.01. The van der Waals surface area contributed by atoms with Gasteiger partial charge in [0.05, 0.1) is 37.6 Å². The fourth-order valence-corrected chi connectivity index (χ4v) is 3.42. The summed E-state index contributed by atoms with van der Waals surface area (Å²) >= 11 is 6.01. The minimum absolute atomic E-state index is 0.0685. The zero-order valence-electron chi connectivity index (χ0n) is 19.3. The van der Waals surface area contributed by atoms with Crippen LogP contribution in [0.4, 0.5) is 18.9 Å². The molecule has 190 valence electrons. The van der Waals surface area contributed by atoms with Crippen LogP contribution in [0.15, 0.2) is 60.7 Å². The van der Waals surface area contributed by atoms with Gasteiger partial charge in [-0.3, -0.25) is 4.79 Å². The van der Waals surface area contributed by atoms with Crippen LogP contribution in [-0.4, -0.2) is 33.2 Å². The van der Waals surface area contributed by atoms with Crippen LogP contribution in [0.1, 0.15) is 27.6 Å². The predicted molar refractivity (Wildman–Crippen MR) is 126 cm³/mol. The number of anilines is 1. The highest BCUT2D eigenvalue weighted by Gasteiger charge is 2.32. The molecule has 0 aliphatic carbocycles. The summed E-state index contributed by atoms with van der Waals surface area (Å²) in [6.45, 7) is 0. The van der Waals surface area contributed by atoms with Gasteiger partial charge in [-0.2, -0.15) is 13.2 Å². The van der Waals surface area contributed by atoms with Crippen LogP contribution >= 0.6 is 11.6 Å². The van der Waals surface area contributed by atoms with Crippen molar-refractivity contribution in [3.05, 3.63) is 82.4 Å². The molecule has 0 radical (unpaired) electrons. The van der Waals surface area contributed by atoms with Gasteiger partial charge in [0.1, 0.15) is 11.3 Å². The van der Waals surface area contributed by atoms with E-state index in [-0.39, 0.29) is 33.3 Å². The third-order valence-corrected chi connectivity index (χ3v) is 5.37. The number of hydrogen-bond acceptors (Lipinski definition) is 6. The number of benzene rings is 3. The van der Waals surface area contributed by atoms with Crippen LogP contribution in [0.5, 0.6) is 17.2 Å². The molecule has 1 atom stereocenters. The summed E-state index contributed by atoms with van der Waals surface area (Å²) in [6.07, 6.45) is -6.19. The molecule has 1 N–H and O–H groups in total. The largest absolute Gasteiger partial charge is 0.496 e. The molecule has 7 nitrogen and oxygen atoms in total. The van der Waals surface area contributed by atoms with E-state index in [2.05, 4.69) is 5.32 Å². The van der Waals surface area contributed by atoms with Crippen LogP contribution in [0, 0.1) is 0 Å². The van der Waals surface area contributed by atoms with E-state index in [0.717, 1.165) is 12.1 Å². The molecule has 11 heteroatoms. The molecule has 3 aromatic rings. The Balaban J connectivity index is 1.97. The number of ether oxygens (including phenoxy) is 4. The fraction of sp³-hybridized carbons (Fsp3) is 0.200. The van der Waals surface area contributed by atoms with Gasteiger partial charge in [-0.15, -0.1) is 0 Å². The molecule has 0 aliphatic rings. The fourth-order valence-electron chi connectivity index (χ4n) is 3.26. The van der Waals surface area contributed by atoms with Crippen LogP contribution in [0.2, 0.25) is 5.02 Å². The number of carbonyl (C=O) groups is 2. The number of methoxy groups -OCH3 is 3. The lowest BCUT2D eigenvalue weighted by Gasteiger charge is -2.20. The maximum Gasteiger partial charge on any atom is 0.416 e. The molecule has 0 saturated carbocycles. The van der Waals surface area contributed by atoms with Gasteiger partial charge in [-0.05, 0) is 18.2 Å². The number of amides is 1. The summed E-state index contributed by atoms with van der Waals surface area (Å²) in [6, 6.07) is 13.2. The minimum Gasteiger partial charge on any atom is -0.496 e. The lowest BCUT2D eigenvalue weighted by Crippen LogP contribution is -2.26. The molecule has 0 saturated heterocycles. The van der Waals surface area contributed by atoms with E-state index in [0.29, 0.717) is 11.8 Å². The molecule has 3 aromatic carbocycles. The van der Waals surface area contributed by atoms with Crippen LogP contribution in [0.3, 0.4) is 0 Å². The third-order valence-electron chi connectivity index (χ3n) is 5.04. The molecule has 1 unspecified atom stereocenters. The summed E-state index contributed by atoms with van der Waals surface area (Å²) in [4.78, 5) is 26.3. The highest BCUT2D eigenvalue weighted by atomic mass is 35.5. The van der Waals surface area contributed by atoms with E-state index in [1.54, 1.807) is 18.2 Å². The molecular formula is C25H21ClF3NO6. The lowest BCUT2D eigenvalue weighted by atomic mass is 10.1. The molecule has 0 bridgehead atoms. The molecule has 0 spiro atoms. The van der Waals surface area contributed by atoms with Gasteiger partial charge in [0, 0.05) is 17.7 Å². The molecule has 0 heterocycles. The van der Waals surface area contributed by atoms with Crippen molar-refractivity contribution in [2.24, 2.45) is 0 Å². The maximum atomic E-state index is 13.2. The van der Waals surface area contributed by atoms with Crippen molar-refractivity contribution in [3.63, 3.8) is 0 Å². The second-order valence-corrected chi connectivity index (χ2v) is 7.69. The first kappa shape index (κ1) is 26.7. The first-order valence-corrected chi connectivity index (χ1v) is 10.7. The summed E-state index contributed by atoms with van der Waals surface area (Å²) in [5.74, 6) is -1.28. The normalized spacial score (nSPS) is 11.9. The van der Waals surface area contributed by atoms with E-state index in [1.807, 2.05) is 0 Å². The van der Waals surface area contributed by atoms with E-state index >= 15 is 0 Å². The average molecular weight is 524 g/mol. The first-order valence-electron chi connectivity index (χ1n) is 10.3.